The Bertz CT molecular complexity index is 962. The van der Waals surface area contributed by atoms with Gasteiger partial charge in [-0.25, -0.2) is 0 Å². The van der Waals surface area contributed by atoms with E-state index in [1.54, 1.807) is 16.8 Å². The Hall–Kier alpha value is -2.36. The SMILES string of the molecule is CC1(C)OB(c2ccc(=O)n(C3(C#N)Cc4ccccc4C3)c2)OC1(C)C. The number of pyridine rings is 1. The maximum atomic E-state index is 12.7. The predicted octanol–water partition coefficient (Wildman–Crippen LogP) is 2.17. The summed E-state index contributed by atoms with van der Waals surface area (Å²) in [4.78, 5) is 12.7. The van der Waals surface area contributed by atoms with Crippen LogP contribution in [0.3, 0.4) is 0 Å². The van der Waals surface area contributed by atoms with E-state index in [1.807, 2.05) is 52.0 Å². The number of hydrogen-bond acceptors (Lipinski definition) is 4. The van der Waals surface area contributed by atoms with Crippen molar-refractivity contribution in [2.75, 3.05) is 0 Å². The number of nitrogens with zero attached hydrogens (tertiary/aromatic N) is 2. The molecule has 27 heavy (non-hydrogen) atoms. The Labute approximate surface area is 159 Å². The Morgan fingerprint density at radius 2 is 1.56 bits per heavy atom. The second-order valence-electron chi connectivity index (χ2n) is 8.52. The molecule has 1 aliphatic carbocycles. The topological polar surface area (TPSA) is 64.2 Å². The lowest BCUT2D eigenvalue weighted by Crippen LogP contribution is -2.45. The van der Waals surface area contributed by atoms with Crippen molar-refractivity contribution in [2.24, 2.45) is 0 Å². The smallest absolute Gasteiger partial charge is 0.399 e. The van der Waals surface area contributed by atoms with Crippen molar-refractivity contribution in [3.05, 3.63) is 64.1 Å². The van der Waals surface area contributed by atoms with Crippen molar-refractivity contribution in [2.45, 2.75) is 57.3 Å². The molecule has 6 heteroatoms. The zero-order chi connectivity index (χ0) is 19.4. The molecule has 0 radical (unpaired) electrons. The van der Waals surface area contributed by atoms with Gasteiger partial charge in [0, 0.05) is 25.1 Å². The number of fused-ring (bicyclic) bond motifs is 1. The molecule has 1 aliphatic heterocycles. The minimum atomic E-state index is -0.916. The van der Waals surface area contributed by atoms with Crippen LogP contribution in [0.5, 0.6) is 0 Å². The fraction of sp³-hybridized carbons (Fsp3) is 0.429. The first-order chi connectivity index (χ1) is 12.7. The fourth-order valence-electron chi connectivity index (χ4n) is 3.85. The molecular weight excluding hydrogens is 339 g/mol. The number of aromatic nitrogens is 1. The van der Waals surface area contributed by atoms with Gasteiger partial charge in [0.25, 0.3) is 5.56 Å². The molecule has 0 spiro atoms. The molecule has 1 fully saturated rings. The average molecular weight is 362 g/mol. The van der Waals surface area contributed by atoms with Crippen molar-refractivity contribution in [1.29, 1.82) is 5.26 Å². The number of benzene rings is 1. The molecule has 138 valence electrons. The molecule has 2 heterocycles. The van der Waals surface area contributed by atoms with Crippen LogP contribution in [0.15, 0.2) is 47.4 Å². The van der Waals surface area contributed by atoms with Crippen LogP contribution in [-0.2, 0) is 27.7 Å². The van der Waals surface area contributed by atoms with Gasteiger partial charge in [-0.15, -0.1) is 0 Å². The van der Waals surface area contributed by atoms with Gasteiger partial charge in [-0.05, 0) is 44.3 Å². The third kappa shape index (κ3) is 2.73. The molecule has 1 saturated heterocycles. The van der Waals surface area contributed by atoms with Crippen molar-refractivity contribution >= 4 is 12.6 Å². The molecular formula is C21H23BN2O3. The van der Waals surface area contributed by atoms with Crippen LogP contribution in [0.1, 0.15) is 38.8 Å². The summed E-state index contributed by atoms with van der Waals surface area (Å²) in [6, 6.07) is 13.6. The second kappa shape index (κ2) is 5.82. The monoisotopic (exact) mass is 362 g/mol. The van der Waals surface area contributed by atoms with E-state index in [9.17, 15) is 10.1 Å². The van der Waals surface area contributed by atoms with Crippen LogP contribution in [0, 0.1) is 11.3 Å². The van der Waals surface area contributed by atoms with Crippen molar-refractivity contribution in [3.8, 4) is 6.07 Å². The van der Waals surface area contributed by atoms with Crippen LogP contribution < -0.4 is 11.0 Å². The molecule has 0 saturated carbocycles. The summed E-state index contributed by atoms with van der Waals surface area (Å²) in [5, 5.41) is 10.0. The highest BCUT2D eigenvalue weighted by Gasteiger charge is 2.52. The predicted molar refractivity (Wildman–Crippen MR) is 104 cm³/mol. The lowest BCUT2D eigenvalue weighted by atomic mass is 9.80. The largest absolute Gasteiger partial charge is 0.496 e. The van der Waals surface area contributed by atoms with E-state index >= 15 is 0 Å². The molecule has 1 aromatic carbocycles. The molecule has 1 aromatic heterocycles. The zero-order valence-corrected chi connectivity index (χ0v) is 16.2. The van der Waals surface area contributed by atoms with Crippen molar-refractivity contribution in [3.63, 3.8) is 0 Å². The molecule has 2 aromatic rings. The summed E-state index contributed by atoms with van der Waals surface area (Å²) in [6.45, 7) is 7.97. The van der Waals surface area contributed by atoms with Crippen LogP contribution in [0.2, 0.25) is 0 Å². The van der Waals surface area contributed by atoms with Gasteiger partial charge in [0.15, 0.2) is 0 Å². The minimum absolute atomic E-state index is 0.190. The highest BCUT2D eigenvalue weighted by atomic mass is 16.7. The molecule has 5 nitrogen and oxygen atoms in total. The summed E-state index contributed by atoms with van der Waals surface area (Å²) in [7, 11) is -0.568. The van der Waals surface area contributed by atoms with Gasteiger partial charge in [0.05, 0.1) is 17.3 Å². The fourth-order valence-corrected chi connectivity index (χ4v) is 3.85. The first kappa shape index (κ1) is 18.0. The van der Waals surface area contributed by atoms with Crippen LogP contribution in [0.4, 0.5) is 0 Å². The summed E-state index contributed by atoms with van der Waals surface area (Å²) >= 11 is 0. The third-order valence-electron chi connectivity index (χ3n) is 6.21. The van der Waals surface area contributed by atoms with Gasteiger partial charge in [-0.1, -0.05) is 30.3 Å². The zero-order valence-electron chi connectivity index (χ0n) is 16.2. The summed E-state index contributed by atoms with van der Waals surface area (Å²) < 4.78 is 13.8. The Morgan fingerprint density at radius 1 is 1.00 bits per heavy atom. The van der Waals surface area contributed by atoms with Gasteiger partial charge in [0.2, 0.25) is 0 Å². The van der Waals surface area contributed by atoms with Gasteiger partial charge in [0.1, 0.15) is 5.54 Å². The molecule has 0 atom stereocenters. The molecule has 0 unspecified atom stereocenters. The van der Waals surface area contributed by atoms with Crippen LogP contribution in [0.25, 0.3) is 0 Å². The lowest BCUT2D eigenvalue weighted by Gasteiger charge is -2.32. The number of rotatable bonds is 2. The van der Waals surface area contributed by atoms with E-state index < -0.39 is 23.9 Å². The summed E-state index contributed by atoms with van der Waals surface area (Å²) in [5.74, 6) is 0. The Kier molecular flexibility index (Phi) is 3.89. The molecule has 0 amide bonds. The van der Waals surface area contributed by atoms with Crippen LogP contribution >= 0.6 is 0 Å². The highest BCUT2D eigenvalue weighted by molar-refractivity contribution is 6.62. The van der Waals surface area contributed by atoms with Gasteiger partial charge in [-0.2, -0.15) is 5.26 Å². The first-order valence-corrected chi connectivity index (χ1v) is 9.24. The van der Waals surface area contributed by atoms with E-state index in [-0.39, 0.29) is 5.56 Å². The molecule has 2 aliphatic rings. The minimum Gasteiger partial charge on any atom is -0.399 e. The van der Waals surface area contributed by atoms with Crippen LogP contribution in [-0.4, -0.2) is 22.9 Å². The highest BCUT2D eigenvalue weighted by Crippen LogP contribution is 2.37. The summed E-state index contributed by atoms with van der Waals surface area (Å²) in [5.41, 5.74) is 0.951. The Balaban J connectivity index is 1.75. The molecule has 0 bridgehead atoms. The number of nitriles is 1. The maximum Gasteiger partial charge on any atom is 0.496 e. The first-order valence-electron chi connectivity index (χ1n) is 9.24. The average Bonchev–Trinajstić information content (AvgIpc) is 3.10. The van der Waals surface area contributed by atoms with E-state index in [0.717, 1.165) is 16.6 Å². The Morgan fingerprint density at radius 3 is 2.07 bits per heavy atom. The van der Waals surface area contributed by atoms with Crippen molar-refractivity contribution < 1.29 is 9.31 Å². The van der Waals surface area contributed by atoms with Gasteiger partial charge >= 0.3 is 7.12 Å². The number of hydrogen-bond donors (Lipinski definition) is 0. The quantitative estimate of drug-likeness (QED) is 0.768. The standard InChI is InChI=1S/C21H23BN2O3/c1-19(2)20(3,4)27-22(26-19)17-9-10-18(25)24(13-17)21(14-23)11-15-7-5-6-8-16(15)12-21/h5-10,13H,11-12H2,1-4H3. The van der Waals surface area contributed by atoms with Crippen molar-refractivity contribution in [1.82, 2.24) is 4.57 Å². The second-order valence-corrected chi connectivity index (χ2v) is 8.52. The maximum absolute atomic E-state index is 12.7. The van der Waals surface area contributed by atoms with E-state index in [2.05, 4.69) is 6.07 Å². The normalized spacial score (nSPS) is 21.7. The van der Waals surface area contributed by atoms with E-state index in [1.165, 1.54) is 6.07 Å². The molecule has 0 N–H and O–H groups in total. The summed E-state index contributed by atoms with van der Waals surface area (Å²) in [6.07, 6.45) is 2.78. The molecule has 4 rings (SSSR count). The van der Waals surface area contributed by atoms with E-state index in [0.29, 0.717) is 12.8 Å². The third-order valence-corrected chi connectivity index (χ3v) is 6.21. The van der Waals surface area contributed by atoms with Gasteiger partial charge in [-0.3, -0.25) is 9.36 Å². The van der Waals surface area contributed by atoms with E-state index in [4.69, 9.17) is 9.31 Å². The van der Waals surface area contributed by atoms with Gasteiger partial charge < -0.3 is 9.31 Å². The lowest BCUT2D eigenvalue weighted by molar-refractivity contribution is 0.00578.